The van der Waals surface area contributed by atoms with Gasteiger partial charge >= 0.3 is 0 Å². The fraction of sp³-hybridized carbons (Fsp3) is 0.500. The summed E-state index contributed by atoms with van der Waals surface area (Å²) in [7, 11) is 0. The third-order valence-electron chi connectivity index (χ3n) is 1.49. The number of aryl methyl sites for hydroxylation is 1. The van der Waals surface area contributed by atoms with Crippen LogP contribution in [0, 0.1) is 6.92 Å². The van der Waals surface area contributed by atoms with Gasteiger partial charge in [0.2, 0.25) is 0 Å². The van der Waals surface area contributed by atoms with Gasteiger partial charge in [-0.3, -0.25) is 0 Å². The highest BCUT2D eigenvalue weighted by molar-refractivity contribution is 5.25. The minimum atomic E-state index is 0.861. The molecule has 1 aromatic rings. The normalized spacial score (nSPS) is 12.8. The van der Waals surface area contributed by atoms with Crippen molar-refractivity contribution in [2.24, 2.45) is 0 Å². The molecular weight excluding hydrogens is 150 g/mol. The third kappa shape index (κ3) is 2.22. The number of hydrogen-bond acceptors (Lipinski definition) is 2. The molecule has 0 aromatic carbocycles. The van der Waals surface area contributed by atoms with E-state index in [9.17, 15) is 0 Å². The van der Waals surface area contributed by atoms with Gasteiger partial charge in [0.1, 0.15) is 0 Å². The second-order valence-electron chi connectivity index (χ2n) is 2.12. The van der Waals surface area contributed by atoms with E-state index in [1.54, 1.807) is 0 Å². The van der Waals surface area contributed by atoms with Crippen molar-refractivity contribution in [3.05, 3.63) is 16.3 Å². The summed E-state index contributed by atoms with van der Waals surface area (Å²) < 4.78 is 5.00. The molecule has 0 amide bonds. The molecule has 0 bridgehead atoms. The number of rotatable bonds is 0. The maximum absolute atomic E-state index is 5.00. The summed E-state index contributed by atoms with van der Waals surface area (Å²) >= 11 is 0. The van der Waals surface area contributed by atoms with Crippen LogP contribution < -0.4 is 10.6 Å². The van der Waals surface area contributed by atoms with E-state index in [1.807, 2.05) is 46.8 Å². The van der Waals surface area contributed by atoms with Gasteiger partial charge in [-0.05, 0) is 26.8 Å². The molecule has 1 rings (SSSR count). The zero-order valence-corrected chi connectivity index (χ0v) is 8.51. The highest BCUT2D eigenvalue weighted by Gasteiger charge is 1.93. The first-order chi connectivity index (χ1) is 5.79. The first kappa shape index (κ1) is 11.0. The number of aromatic nitrogens is 1. The topological polar surface area (TPSA) is 26.0 Å². The molecule has 2 nitrogen and oxygen atoms in total. The van der Waals surface area contributed by atoms with Gasteiger partial charge in [-0.25, -0.2) is 0 Å². The van der Waals surface area contributed by atoms with Crippen LogP contribution in [0.15, 0.2) is 4.52 Å². The molecule has 0 aliphatic carbocycles. The van der Waals surface area contributed by atoms with Crippen LogP contribution in [0.4, 0.5) is 0 Å². The second-order valence-corrected chi connectivity index (χ2v) is 2.12. The molecule has 0 saturated carbocycles. The van der Waals surface area contributed by atoms with Crippen LogP contribution in [0.2, 0.25) is 0 Å². The smallest absolute Gasteiger partial charge is 0.162 e. The van der Waals surface area contributed by atoms with Gasteiger partial charge in [-0.15, -0.1) is 0 Å². The van der Waals surface area contributed by atoms with E-state index in [4.69, 9.17) is 4.52 Å². The molecule has 0 spiro atoms. The Balaban J connectivity index is 0.000000561. The lowest BCUT2D eigenvalue weighted by Gasteiger charge is -1.72. The maximum Gasteiger partial charge on any atom is 0.162 e. The fourth-order valence-electron chi connectivity index (χ4n) is 0.954. The Morgan fingerprint density at radius 2 is 1.75 bits per heavy atom. The van der Waals surface area contributed by atoms with E-state index < -0.39 is 0 Å². The van der Waals surface area contributed by atoms with Gasteiger partial charge in [0.15, 0.2) is 5.42 Å². The molecule has 2 heteroatoms. The van der Waals surface area contributed by atoms with Crippen molar-refractivity contribution in [3.63, 3.8) is 0 Å². The summed E-state index contributed by atoms with van der Waals surface area (Å²) in [5, 5.41) is 4.92. The summed E-state index contributed by atoms with van der Waals surface area (Å²) in [6.45, 7) is 9.85. The molecule has 12 heavy (non-hydrogen) atoms. The summed E-state index contributed by atoms with van der Waals surface area (Å²) in [6, 6.07) is 0. The summed E-state index contributed by atoms with van der Waals surface area (Å²) in [5.74, 6) is 0. The van der Waals surface area contributed by atoms with E-state index in [0.29, 0.717) is 0 Å². The molecular formula is C10H17NO. The van der Waals surface area contributed by atoms with Crippen LogP contribution in [-0.4, -0.2) is 5.16 Å². The molecule has 1 aromatic heterocycles. The van der Waals surface area contributed by atoms with Gasteiger partial charge in [-0.1, -0.05) is 25.1 Å². The van der Waals surface area contributed by atoms with E-state index in [2.05, 4.69) is 5.16 Å². The summed E-state index contributed by atoms with van der Waals surface area (Å²) in [5.41, 5.74) is 1.82. The zero-order chi connectivity index (χ0) is 9.56. The van der Waals surface area contributed by atoms with Gasteiger partial charge in [0, 0.05) is 5.22 Å². The Morgan fingerprint density at radius 3 is 2.08 bits per heavy atom. The minimum absolute atomic E-state index is 0.861. The van der Waals surface area contributed by atoms with Crippen LogP contribution in [0.5, 0.6) is 0 Å². The van der Waals surface area contributed by atoms with Crippen molar-refractivity contribution in [3.8, 4) is 0 Å². The van der Waals surface area contributed by atoms with Crippen LogP contribution in [0.1, 0.15) is 33.4 Å². The Hall–Kier alpha value is -1.05. The fourth-order valence-corrected chi connectivity index (χ4v) is 0.954. The Kier molecular flexibility index (Phi) is 5.09. The van der Waals surface area contributed by atoms with Crippen molar-refractivity contribution in [2.45, 2.75) is 34.6 Å². The third-order valence-corrected chi connectivity index (χ3v) is 1.49. The van der Waals surface area contributed by atoms with Gasteiger partial charge < -0.3 is 4.52 Å². The van der Waals surface area contributed by atoms with Crippen LogP contribution in [0.3, 0.4) is 0 Å². The number of nitrogens with zero attached hydrogens (tertiary/aromatic N) is 1. The lowest BCUT2D eigenvalue weighted by atomic mass is 10.3. The molecule has 0 aliphatic rings. The number of hydrogen-bond donors (Lipinski definition) is 0. The lowest BCUT2D eigenvalue weighted by molar-refractivity contribution is 0.389. The van der Waals surface area contributed by atoms with E-state index in [1.165, 1.54) is 0 Å². The SMILES string of the molecule is C/C=c1/c(C)no/c1=C/C.CC. The molecule has 68 valence electrons. The van der Waals surface area contributed by atoms with Crippen molar-refractivity contribution < 1.29 is 4.52 Å². The summed E-state index contributed by atoms with van der Waals surface area (Å²) in [4.78, 5) is 0. The zero-order valence-electron chi connectivity index (χ0n) is 8.51. The standard InChI is InChI=1S/C8H11NO.C2H6/c1-4-7-6(3)9-10-8(7)5-2;1-2/h4-5H,1-3H3;1-2H3/b7-4-,8-5+;. The molecule has 0 unspecified atom stereocenters. The molecule has 0 fully saturated rings. The predicted molar refractivity (Wildman–Crippen MR) is 52.1 cm³/mol. The average molecular weight is 167 g/mol. The highest BCUT2D eigenvalue weighted by atomic mass is 16.5. The largest absolute Gasteiger partial charge is 0.356 e. The van der Waals surface area contributed by atoms with Crippen molar-refractivity contribution in [1.29, 1.82) is 0 Å². The average Bonchev–Trinajstić information content (AvgIpc) is 2.49. The van der Waals surface area contributed by atoms with Crippen molar-refractivity contribution >= 4 is 12.2 Å². The second kappa shape index (κ2) is 5.58. The lowest BCUT2D eigenvalue weighted by Crippen LogP contribution is -2.20. The van der Waals surface area contributed by atoms with Crippen LogP contribution >= 0.6 is 0 Å². The van der Waals surface area contributed by atoms with Gasteiger partial charge in [0.05, 0.1) is 5.69 Å². The molecule has 0 aliphatic heterocycles. The van der Waals surface area contributed by atoms with Crippen molar-refractivity contribution in [2.75, 3.05) is 0 Å². The van der Waals surface area contributed by atoms with Gasteiger partial charge in [-0.2, -0.15) is 0 Å². The summed E-state index contributed by atoms with van der Waals surface area (Å²) in [6.07, 6.45) is 3.91. The van der Waals surface area contributed by atoms with Crippen LogP contribution in [-0.2, 0) is 0 Å². The maximum atomic E-state index is 5.00. The van der Waals surface area contributed by atoms with E-state index in [-0.39, 0.29) is 0 Å². The highest BCUT2D eigenvalue weighted by Crippen LogP contribution is 1.75. The van der Waals surface area contributed by atoms with E-state index >= 15 is 0 Å². The first-order valence-electron chi connectivity index (χ1n) is 4.34. The van der Waals surface area contributed by atoms with Crippen LogP contribution in [0.25, 0.3) is 12.2 Å². The Bertz CT molecular complexity index is 322. The van der Waals surface area contributed by atoms with E-state index in [0.717, 1.165) is 16.3 Å². The predicted octanol–water partition coefficient (Wildman–Crippen LogP) is 1.61. The first-order valence-corrected chi connectivity index (χ1v) is 4.34. The van der Waals surface area contributed by atoms with Crippen molar-refractivity contribution in [1.82, 2.24) is 5.16 Å². The molecule has 0 saturated heterocycles. The monoisotopic (exact) mass is 167 g/mol. The molecule has 1 heterocycles. The quantitative estimate of drug-likeness (QED) is 0.586. The Labute approximate surface area is 73.6 Å². The molecule has 0 N–H and O–H groups in total. The minimum Gasteiger partial charge on any atom is -0.356 e. The molecule has 0 atom stereocenters. The Morgan fingerprint density at radius 1 is 1.17 bits per heavy atom. The molecule has 0 radical (unpaired) electrons. The van der Waals surface area contributed by atoms with Gasteiger partial charge in [0.25, 0.3) is 0 Å².